The molecule has 6 heteroatoms. The monoisotopic (exact) mass is 363 g/mol. The molecule has 6 nitrogen and oxygen atoms in total. The second-order valence-corrected chi connectivity index (χ2v) is 6.63. The zero-order valence-electron chi connectivity index (χ0n) is 14.9. The van der Waals surface area contributed by atoms with Crippen LogP contribution in [0.2, 0.25) is 0 Å². The van der Waals surface area contributed by atoms with Gasteiger partial charge in [-0.25, -0.2) is 0 Å². The van der Waals surface area contributed by atoms with Crippen LogP contribution in [-0.2, 0) is 0 Å². The molecule has 0 radical (unpaired) electrons. The quantitative estimate of drug-likeness (QED) is 0.672. The first-order valence-electron chi connectivity index (χ1n) is 9.08. The first-order chi connectivity index (χ1) is 13.2. The number of hydrogen-bond donors (Lipinski definition) is 2. The average Bonchev–Trinajstić information content (AvgIpc) is 3.19. The Morgan fingerprint density at radius 1 is 0.889 bits per heavy atom. The van der Waals surface area contributed by atoms with E-state index in [1.54, 1.807) is 18.2 Å². The van der Waals surface area contributed by atoms with E-state index in [0.717, 1.165) is 24.2 Å². The molecule has 1 fully saturated rings. The van der Waals surface area contributed by atoms with Crippen molar-refractivity contribution in [1.29, 1.82) is 0 Å². The Hall–Kier alpha value is -3.28. The Labute approximate surface area is 157 Å². The van der Waals surface area contributed by atoms with Crippen molar-refractivity contribution in [2.45, 2.75) is 19.3 Å². The highest BCUT2D eigenvalue weighted by Gasteiger charge is 2.12. The van der Waals surface area contributed by atoms with Gasteiger partial charge in [0.1, 0.15) is 0 Å². The summed E-state index contributed by atoms with van der Waals surface area (Å²) < 4.78 is 5.27. The number of benzene rings is 2. The van der Waals surface area contributed by atoms with Gasteiger partial charge in [-0.05, 0) is 67.3 Å². The summed E-state index contributed by atoms with van der Waals surface area (Å²) in [6, 6.07) is 12.8. The molecule has 0 saturated carbocycles. The lowest BCUT2D eigenvalue weighted by Crippen LogP contribution is -2.29. The Balaban J connectivity index is 1.47. The third kappa shape index (κ3) is 3.95. The molecule has 1 aliphatic heterocycles. The third-order valence-corrected chi connectivity index (χ3v) is 4.71. The van der Waals surface area contributed by atoms with Gasteiger partial charge in [0.25, 0.3) is 5.89 Å². The van der Waals surface area contributed by atoms with Crippen LogP contribution in [0.4, 0.5) is 5.69 Å². The molecule has 0 bridgehead atoms. The van der Waals surface area contributed by atoms with Crippen molar-refractivity contribution in [3.63, 3.8) is 0 Å². The van der Waals surface area contributed by atoms with Gasteiger partial charge in [-0.1, -0.05) is 11.2 Å². The summed E-state index contributed by atoms with van der Waals surface area (Å²) in [5.41, 5.74) is 2.85. The lowest BCUT2D eigenvalue weighted by molar-refractivity contribution is 0.403. The van der Waals surface area contributed by atoms with Crippen molar-refractivity contribution >= 4 is 17.8 Å². The second kappa shape index (κ2) is 7.53. The zero-order chi connectivity index (χ0) is 18.6. The first kappa shape index (κ1) is 17.1. The second-order valence-electron chi connectivity index (χ2n) is 6.63. The summed E-state index contributed by atoms with van der Waals surface area (Å²) in [6.07, 6.45) is 7.22. The molecule has 1 aromatic heterocycles. The number of aromatic hydroxyl groups is 2. The van der Waals surface area contributed by atoms with Gasteiger partial charge in [-0.15, -0.1) is 0 Å². The fourth-order valence-electron chi connectivity index (χ4n) is 3.21. The highest BCUT2D eigenvalue weighted by atomic mass is 16.5. The minimum Gasteiger partial charge on any atom is -0.504 e. The number of phenolic OH excluding ortho intramolecular Hbond substituents is 2. The molecule has 0 spiro atoms. The van der Waals surface area contributed by atoms with Gasteiger partial charge < -0.3 is 19.6 Å². The fraction of sp³-hybridized carbons (Fsp3) is 0.238. The molecular formula is C21H21N3O3. The number of piperidine rings is 1. The highest BCUT2D eigenvalue weighted by Crippen LogP contribution is 2.26. The van der Waals surface area contributed by atoms with E-state index in [9.17, 15) is 10.2 Å². The first-order valence-corrected chi connectivity index (χ1v) is 9.08. The number of aromatic nitrogens is 2. The summed E-state index contributed by atoms with van der Waals surface area (Å²) in [4.78, 5) is 6.80. The van der Waals surface area contributed by atoms with E-state index >= 15 is 0 Å². The normalized spacial score (nSPS) is 14.7. The topological polar surface area (TPSA) is 82.6 Å². The van der Waals surface area contributed by atoms with Gasteiger partial charge in [0.15, 0.2) is 11.5 Å². The number of rotatable bonds is 4. The summed E-state index contributed by atoms with van der Waals surface area (Å²) >= 11 is 0. The van der Waals surface area contributed by atoms with Crippen molar-refractivity contribution in [3.8, 4) is 22.9 Å². The maximum atomic E-state index is 9.53. The van der Waals surface area contributed by atoms with Gasteiger partial charge in [-0.2, -0.15) is 4.98 Å². The van der Waals surface area contributed by atoms with Crippen LogP contribution in [0.1, 0.15) is 30.7 Å². The molecule has 0 atom stereocenters. The van der Waals surface area contributed by atoms with Crippen molar-refractivity contribution in [2.24, 2.45) is 0 Å². The SMILES string of the molecule is Oc1ccc(C=Cc2nc(-c3ccc(N4CCCCC4)cc3)no2)cc1O. The molecule has 0 amide bonds. The van der Waals surface area contributed by atoms with Crippen LogP contribution >= 0.6 is 0 Å². The van der Waals surface area contributed by atoms with E-state index in [4.69, 9.17) is 4.52 Å². The summed E-state index contributed by atoms with van der Waals surface area (Å²) in [5.74, 6) is 0.587. The van der Waals surface area contributed by atoms with E-state index in [0.29, 0.717) is 11.7 Å². The summed E-state index contributed by atoms with van der Waals surface area (Å²) in [7, 11) is 0. The minimum absolute atomic E-state index is 0.153. The Bertz CT molecular complexity index is 942. The highest BCUT2D eigenvalue weighted by molar-refractivity contribution is 5.68. The molecule has 2 N–H and O–H groups in total. The van der Waals surface area contributed by atoms with Crippen LogP contribution in [0, 0.1) is 0 Å². The van der Waals surface area contributed by atoms with E-state index in [1.165, 1.54) is 37.1 Å². The predicted molar refractivity (Wildman–Crippen MR) is 104 cm³/mol. The van der Waals surface area contributed by atoms with Gasteiger partial charge in [0.2, 0.25) is 5.82 Å². The van der Waals surface area contributed by atoms with Crippen molar-refractivity contribution < 1.29 is 14.7 Å². The number of nitrogens with zero attached hydrogens (tertiary/aromatic N) is 3. The summed E-state index contributed by atoms with van der Waals surface area (Å²) in [6.45, 7) is 2.23. The predicted octanol–water partition coefficient (Wildman–Crippen LogP) is 4.31. The Morgan fingerprint density at radius 2 is 1.67 bits per heavy atom. The number of anilines is 1. The van der Waals surface area contributed by atoms with E-state index in [-0.39, 0.29) is 11.5 Å². The van der Waals surface area contributed by atoms with Gasteiger partial charge in [0.05, 0.1) is 0 Å². The summed E-state index contributed by atoms with van der Waals surface area (Å²) in [5, 5.41) is 22.9. The largest absolute Gasteiger partial charge is 0.504 e. The molecule has 27 heavy (non-hydrogen) atoms. The molecule has 1 aliphatic rings. The molecule has 0 unspecified atom stereocenters. The van der Waals surface area contributed by atoms with Gasteiger partial charge in [0, 0.05) is 30.4 Å². The number of hydrogen-bond acceptors (Lipinski definition) is 6. The maximum absolute atomic E-state index is 9.53. The average molecular weight is 363 g/mol. The van der Waals surface area contributed by atoms with Crippen LogP contribution in [0.3, 0.4) is 0 Å². The molecule has 138 valence electrons. The van der Waals surface area contributed by atoms with Crippen molar-refractivity contribution in [2.75, 3.05) is 18.0 Å². The molecule has 2 aromatic carbocycles. The van der Waals surface area contributed by atoms with Crippen LogP contribution in [0.5, 0.6) is 11.5 Å². The molecule has 4 rings (SSSR count). The van der Waals surface area contributed by atoms with Crippen LogP contribution in [0.15, 0.2) is 47.0 Å². The maximum Gasteiger partial charge on any atom is 0.250 e. The fourth-order valence-corrected chi connectivity index (χ4v) is 3.21. The lowest BCUT2D eigenvalue weighted by Gasteiger charge is -2.28. The van der Waals surface area contributed by atoms with Crippen LogP contribution in [0.25, 0.3) is 23.5 Å². The van der Waals surface area contributed by atoms with E-state index < -0.39 is 0 Å². The van der Waals surface area contributed by atoms with Crippen LogP contribution in [-0.4, -0.2) is 33.4 Å². The van der Waals surface area contributed by atoms with Crippen molar-refractivity contribution in [3.05, 3.63) is 53.9 Å². The molecule has 3 aromatic rings. The lowest BCUT2D eigenvalue weighted by atomic mass is 10.1. The van der Waals surface area contributed by atoms with Crippen LogP contribution < -0.4 is 4.90 Å². The zero-order valence-corrected chi connectivity index (χ0v) is 14.9. The number of phenols is 2. The van der Waals surface area contributed by atoms with E-state index in [2.05, 4.69) is 27.2 Å². The standard InChI is InChI=1S/C21H21N3O3/c25-18-10-4-15(14-19(18)26)5-11-20-22-21(23-27-20)16-6-8-17(9-7-16)24-12-2-1-3-13-24/h4-11,14,25-26H,1-3,12-13H2. The molecule has 2 heterocycles. The Kier molecular flexibility index (Phi) is 4.78. The van der Waals surface area contributed by atoms with Gasteiger partial charge >= 0.3 is 0 Å². The smallest absolute Gasteiger partial charge is 0.250 e. The Morgan fingerprint density at radius 3 is 2.41 bits per heavy atom. The van der Waals surface area contributed by atoms with E-state index in [1.807, 2.05) is 12.1 Å². The molecule has 1 saturated heterocycles. The van der Waals surface area contributed by atoms with Crippen molar-refractivity contribution in [1.82, 2.24) is 10.1 Å². The van der Waals surface area contributed by atoms with Gasteiger partial charge in [-0.3, -0.25) is 0 Å². The molecule has 0 aliphatic carbocycles. The minimum atomic E-state index is -0.169. The third-order valence-electron chi connectivity index (χ3n) is 4.71. The molecular weight excluding hydrogens is 342 g/mol.